The summed E-state index contributed by atoms with van der Waals surface area (Å²) >= 11 is 0. The van der Waals surface area contributed by atoms with Crippen LogP contribution in [0.25, 0.3) is 0 Å². The average Bonchev–Trinajstić information content (AvgIpc) is 2.04. The third kappa shape index (κ3) is 2.66. The summed E-state index contributed by atoms with van der Waals surface area (Å²) in [5.74, 6) is 0. The normalized spacial score (nSPS) is 11.2. The zero-order valence-electron chi connectivity index (χ0n) is 7.23. The fourth-order valence-corrected chi connectivity index (χ4v) is 1.69. The number of hydrogen-bond acceptors (Lipinski definition) is 3. The fraction of sp³-hybridized carbons (Fsp3) is 0.222. The lowest BCUT2D eigenvalue weighted by molar-refractivity contribution is -0.107. The van der Waals surface area contributed by atoms with Gasteiger partial charge in [-0.15, -0.1) is 0 Å². The van der Waals surface area contributed by atoms with Crippen molar-refractivity contribution in [1.82, 2.24) is 0 Å². The Kier molecular flexibility index (Phi) is 2.83. The molecule has 4 heteroatoms. The van der Waals surface area contributed by atoms with Gasteiger partial charge >= 0.3 is 0 Å². The summed E-state index contributed by atoms with van der Waals surface area (Å²) in [6.07, 6.45) is 2.15. The van der Waals surface area contributed by atoms with Gasteiger partial charge in [0.25, 0.3) is 0 Å². The number of rotatable bonds is 3. The Hall–Kier alpha value is -1.16. The van der Waals surface area contributed by atoms with Gasteiger partial charge in [-0.25, -0.2) is 8.42 Å². The number of hydrogen-bond donors (Lipinski definition) is 0. The first-order valence-electron chi connectivity index (χ1n) is 3.76. The van der Waals surface area contributed by atoms with Gasteiger partial charge in [0, 0.05) is 12.7 Å². The number of carbonyl (C=O) groups excluding carboxylic acids is 1. The second-order valence-corrected chi connectivity index (χ2v) is 4.81. The Morgan fingerprint density at radius 2 is 2.08 bits per heavy atom. The molecule has 1 aromatic rings. The molecule has 1 aromatic carbocycles. The van der Waals surface area contributed by atoms with Crippen LogP contribution in [-0.4, -0.2) is 21.0 Å². The smallest absolute Gasteiger partial charge is 0.175 e. The van der Waals surface area contributed by atoms with Gasteiger partial charge in [-0.1, -0.05) is 12.1 Å². The summed E-state index contributed by atoms with van der Waals surface area (Å²) in [4.78, 5) is 10.4. The van der Waals surface area contributed by atoms with Crippen LogP contribution in [0.2, 0.25) is 0 Å². The van der Waals surface area contributed by atoms with E-state index in [2.05, 4.69) is 0 Å². The van der Waals surface area contributed by atoms with Crippen molar-refractivity contribution in [2.24, 2.45) is 0 Å². The quantitative estimate of drug-likeness (QED) is 0.676. The van der Waals surface area contributed by atoms with Crippen LogP contribution in [0.4, 0.5) is 0 Å². The third-order valence-electron chi connectivity index (χ3n) is 1.65. The Balaban J connectivity index is 3.13. The van der Waals surface area contributed by atoms with E-state index < -0.39 is 9.84 Å². The molecule has 70 valence electrons. The van der Waals surface area contributed by atoms with Crippen molar-refractivity contribution in [3.63, 3.8) is 0 Å². The molecule has 3 nitrogen and oxygen atoms in total. The van der Waals surface area contributed by atoms with Gasteiger partial charge in [-0.2, -0.15) is 0 Å². The molecular weight excluding hydrogens is 188 g/mol. The molecule has 0 unspecified atom stereocenters. The first-order chi connectivity index (χ1) is 6.04. The van der Waals surface area contributed by atoms with Crippen LogP contribution in [0.1, 0.15) is 5.56 Å². The van der Waals surface area contributed by atoms with Crippen LogP contribution in [0.3, 0.4) is 0 Å². The molecular formula is C9H10O3S. The van der Waals surface area contributed by atoms with Crippen molar-refractivity contribution in [2.75, 3.05) is 6.26 Å². The molecule has 13 heavy (non-hydrogen) atoms. The zero-order valence-corrected chi connectivity index (χ0v) is 8.04. The topological polar surface area (TPSA) is 51.2 Å². The number of aldehydes is 1. The van der Waals surface area contributed by atoms with Crippen LogP contribution >= 0.6 is 0 Å². The molecule has 0 radical (unpaired) electrons. The van der Waals surface area contributed by atoms with Crippen LogP contribution in [-0.2, 0) is 21.1 Å². The molecule has 0 N–H and O–H groups in total. The van der Waals surface area contributed by atoms with Gasteiger partial charge in [0.15, 0.2) is 9.84 Å². The molecule has 0 fully saturated rings. The summed E-state index contributed by atoms with van der Waals surface area (Å²) in [6.45, 7) is 0. The van der Waals surface area contributed by atoms with Gasteiger partial charge in [0.05, 0.1) is 4.90 Å². The monoisotopic (exact) mass is 198 g/mol. The standard InChI is InChI=1S/C9H10O3S/c1-13(11,12)9-4-2-3-8(7-9)5-6-10/h2-4,6-7H,5H2,1H3. The summed E-state index contributed by atoms with van der Waals surface area (Å²) in [6, 6.07) is 6.39. The first-order valence-corrected chi connectivity index (χ1v) is 5.66. The van der Waals surface area contributed by atoms with Crippen molar-refractivity contribution < 1.29 is 13.2 Å². The molecule has 1 rings (SSSR count). The molecule has 0 aliphatic rings. The predicted octanol–water partition coefficient (Wildman–Crippen LogP) is 0.832. The predicted molar refractivity (Wildman–Crippen MR) is 49.3 cm³/mol. The van der Waals surface area contributed by atoms with Gasteiger partial charge in [0.1, 0.15) is 6.29 Å². The van der Waals surface area contributed by atoms with Crippen LogP contribution < -0.4 is 0 Å². The molecule has 0 heterocycles. The maximum atomic E-state index is 11.1. The van der Waals surface area contributed by atoms with E-state index in [-0.39, 0.29) is 11.3 Å². The largest absolute Gasteiger partial charge is 0.303 e. The van der Waals surface area contributed by atoms with Gasteiger partial charge in [-0.05, 0) is 17.7 Å². The van der Waals surface area contributed by atoms with E-state index in [1.807, 2.05) is 0 Å². The Labute approximate surface area is 77.3 Å². The van der Waals surface area contributed by atoms with Crippen molar-refractivity contribution in [3.8, 4) is 0 Å². The summed E-state index contributed by atoms with van der Waals surface area (Å²) in [5, 5.41) is 0. The molecule has 0 saturated carbocycles. The highest BCUT2D eigenvalue weighted by Gasteiger charge is 2.06. The van der Waals surface area contributed by atoms with E-state index >= 15 is 0 Å². The van der Waals surface area contributed by atoms with Gasteiger partial charge in [-0.3, -0.25) is 0 Å². The highest BCUT2D eigenvalue weighted by atomic mass is 32.2. The van der Waals surface area contributed by atoms with Crippen LogP contribution in [0.5, 0.6) is 0 Å². The SMILES string of the molecule is CS(=O)(=O)c1cccc(CC=O)c1. The van der Waals surface area contributed by atoms with E-state index in [0.717, 1.165) is 18.1 Å². The van der Waals surface area contributed by atoms with E-state index in [0.29, 0.717) is 0 Å². The van der Waals surface area contributed by atoms with E-state index in [1.165, 1.54) is 12.1 Å². The van der Waals surface area contributed by atoms with Crippen molar-refractivity contribution in [1.29, 1.82) is 0 Å². The maximum absolute atomic E-state index is 11.1. The number of benzene rings is 1. The molecule has 0 spiro atoms. The lowest BCUT2D eigenvalue weighted by atomic mass is 10.2. The second-order valence-electron chi connectivity index (χ2n) is 2.79. The molecule has 0 aliphatic carbocycles. The number of sulfone groups is 1. The van der Waals surface area contributed by atoms with Crippen LogP contribution in [0.15, 0.2) is 29.2 Å². The van der Waals surface area contributed by atoms with Crippen molar-refractivity contribution in [3.05, 3.63) is 29.8 Å². The highest BCUT2D eigenvalue weighted by molar-refractivity contribution is 7.90. The first kappa shape index (κ1) is 9.92. The lowest BCUT2D eigenvalue weighted by Gasteiger charge is -1.99. The number of carbonyl (C=O) groups is 1. The van der Waals surface area contributed by atoms with E-state index in [4.69, 9.17) is 0 Å². The zero-order chi connectivity index (χ0) is 9.90. The highest BCUT2D eigenvalue weighted by Crippen LogP contribution is 2.10. The minimum Gasteiger partial charge on any atom is -0.303 e. The second kappa shape index (κ2) is 3.70. The minimum atomic E-state index is -3.16. The molecule has 0 aliphatic heterocycles. The molecule has 0 amide bonds. The Bertz CT molecular complexity index is 407. The molecule has 0 bridgehead atoms. The van der Waals surface area contributed by atoms with Crippen LogP contribution in [0, 0.1) is 0 Å². The minimum absolute atomic E-state index is 0.253. The summed E-state index contributed by atoms with van der Waals surface area (Å²) in [5.41, 5.74) is 0.720. The van der Waals surface area contributed by atoms with E-state index in [9.17, 15) is 13.2 Å². The third-order valence-corrected chi connectivity index (χ3v) is 2.76. The molecule has 0 aromatic heterocycles. The van der Waals surface area contributed by atoms with Crippen molar-refractivity contribution >= 4 is 16.1 Å². The van der Waals surface area contributed by atoms with Gasteiger partial charge < -0.3 is 4.79 Å². The van der Waals surface area contributed by atoms with Gasteiger partial charge in [0.2, 0.25) is 0 Å². The lowest BCUT2D eigenvalue weighted by Crippen LogP contribution is -1.98. The molecule has 0 saturated heterocycles. The average molecular weight is 198 g/mol. The molecule has 0 atom stereocenters. The van der Waals surface area contributed by atoms with Crippen molar-refractivity contribution in [2.45, 2.75) is 11.3 Å². The van der Waals surface area contributed by atoms with E-state index in [1.54, 1.807) is 12.1 Å². The summed E-state index contributed by atoms with van der Waals surface area (Å²) < 4.78 is 22.2. The summed E-state index contributed by atoms with van der Waals surface area (Å²) in [7, 11) is -3.16. The maximum Gasteiger partial charge on any atom is 0.175 e. The Morgan fingerprint density at radius 3 is 2.62 bits per heavy atom. The fourth-order valence-electron chi connectivity index (χ4n) is 0.999. The Morgan fingerprint density at radius 1 is 1.38 bits per heavy atom.